The highest BCUT2D eigenvalue weighted by molar-refractivity contribution is 7.89. The Bertz CT molecular complexity index is 1200. The molecule has 1 aromatic carbocycles. The molecule has 0 aliphatic carbocycles. The number of halogens is 3. The highest BCUT2D eigenvalue weighted by atomic mass is 32.2. The van der Waals surface area contributed by atoms with Crippen molar-refractivity contribution in [1.29, 1.82) is 0 Å². The van der Waals surface area contributed by atoms with Gasteiger partial charge in [-0.1, -0.05) is 0 Å². The summed E-state index contributed by atoms with van der Waals surface area (Å²) in [5.74, 6) is 0.322. The first-order chi connectivity index (χ1) is 14.6. The summed E-state index contributed by atoms with van der Waals surface area (Å²) in [6.45, 7) is 5.40. The first-order valence-electron chi connectivity index (χ1n) is 9.38. The molecule has 0 saturated carbocycles. The lowest BCUT2D eigenvalue weighted by Crippen LogP contribution is -2.49. The maximum absolute atomic E-state index is 12.9. The monoisotopic (exact) mass is 472 g/mol. The normalized spacial score (nSPS) is 16.1. The molecule has 1 fully saturated rings. The largest absolute Gasteiger partial charge is 0.573 e. The Morgan fingerprint density at radius 1 is 1.03 bits per heavy atom. The van der Waals surface area contributed by atoms with E-state index in [2.05, 4.69) is 14.7 Å². The minimum Gasteiger partial charge on any atom is -0.406 e. The Labute approximate surface area is 181 Å². The number of alkyl halides is 3. The van der Waals surface area contributed by atoms with Gasteiger partial charge in [-0.25, -0.2) is 18.4 Å². The van der Waals surface area contributed by atoms with Gasteiger partial charge in [0, 0.05) is 31.1 Å². The fraction of sp³-hybridized carbons (Fsp3) is 0.368. The number of hydrogen-bond acceptors (Lipinski definition) is 7. The minimum atomic E-state index is -4.83. The number of ether oxygens (including phenoxy) is 1. The van der Waals surface area contributed by atoms with Gasteiger partial charge in [0.15, 0.2) is 0 Å². The van der Waals surface area contributed by atoms with E-state index < -0.39 is 22.1 Å². The van der Waals surface area contributed by atoms with Crippen LogP contribution in [0.1, 0.15) is 10.4 Å². The molecular formula is C19H19F3N4O3S2. The zero-order chi connectivity index (χ0) is 22.4. The molecule has 3 aromatic rings. The van der Waals surface area contributed by atoms with Gasteiger partial charge in [-0.05, 0) is 43.7 Å². The quantitative estimate of drug-likeness (QED) is 0.576. The number of sulfonamides is 1. The molecule has 0 spiro atoms. The van der Waals surface area contributed by atoms with Crippen molar-refractivity contribution >= 4 is 37.4 Å². The lowest BCUT2D eigenvalue weighted by molar-refractivity contribution is -0.274. The number of anilines is 1. The first-order valence-corrected chi connectivity index (χ1v) is 11.6. The van der Waals surface area contributed by atoms with Gasteiger partial charge in [0.1, 0.15) is 22.7 Å². The Hall–Kier alpha value is -2.44. The number of fused-ring (bicyclic) bond motifs is 1. The van der Waals surface area contributed by atoms with Gasteiger partial charge in [0.05, 0.1) is 10.3 Å². The van der Waals surface area contributed by atoms with Crippen molar-refractivity contribution in [2.24, 2.45) is 0 Å². The van der Waals surface area contributed by atoms with Gasteiger partial charge < -0.3 is 9.64 Å². The third-order valence-corrected chi connectivity index (χ3v) is 8.21. The number of aromatic nitrogens is 2. The lowest BCUT2D eigenvalue weighted by atomic mass is 10.2. The van der Waals surface area contributed by atoms with Crippen LogP contribution in [0.2, 0.25) is 0 Å². The van der Waals surface area contributed by atoms with E-state index in [-0.39, 0.29) is 18.0 Å². The summed E-state index contributed by atoms with van der Waals surface area (Å²) >= 11 is 1.60. The number of thiophene rings is 1. The summed E-state index contributed by atoms with van der Waals surface area (Å²) in [4.78, 5) is 12.8. The topological polar surface area (TPSA) is 75.6 Å². The smallest absolute Gasteiger partial charge is 0.406 e. The van der Waals surface area contributed by atoms with Crippen LogP contribution in [-0.4, -0.2) is 55.2 Å². The van der Waals surface area contributed by atoms with Gasteiger partial charge in [-0.3, -0.25) is 0 Å². The number of rotatable bonds is 4. The van der Waals surface area contributed by atoms with Crippen LogP contribution in [-0.2, 0) is 10.0 Å². The molecule has 31 heavy (non-hydrogen) atoms. The number of nitrogens with zero attached hydrogens (tertiary/aromatic N) is 4. The Kier molecular flexibility index (Phi) is 5.56. The van der Waals surface area contributed by atoms with E-state index in [9.17, 15) is 21.6 Å². The molecule has 2 aromatic heterocycles. The minimum absolute atomic E-state index is 0.0794. The molecule has 0 unspecified atom stereocenters. The molecule has 0 atom stereocenters. The molecule has 166 valence electrons. The molecule has 1 aliphatic heterocycles. The standard InChI is InChI=1S/C19H19F3N4O3S2/c1-12-13(2)30-18-16(12)17(23-11-24-18)25-7-9-26(10-8-25)31(27,28)15-5-3-14(4-6-15)29-19(20,21)22/h3-6,11H,7-10H2,1-2H3. The second-order valence-electron chi connectivity index (χ2n) is 7.07. The number of aryl methyl sites for hydroxylation is 2. The van der Waals surface area contributed by atoms with Crippen LogP contribution >= 0.6 is 11.3 Å². The molecule has 7 nitrogen and oxygen atoms in total. The Morgan fingerprint density at radius 3 is 2.29 bits per heavy atom. The van der Waals surface area contributed by atoms with E-state index in [0.717, 1.165) is 50.7 Å². The third kappa shape index (κ3) is 4.32. The molecule has 0 amide bonds. The van der Waals surface area contributed by atoms with Crippen molar-refractivity contribution in [3.05, 3.63) is 41.0 Å². The van der Waals surface area contributed by atoms with Crippen molar-refractivity contribution in [2.75, 3.05) is 31.1 Å². The summed E-state index contributed by atoms with van der Waals surface area (Å²) in [6.07, 6.45) is -3.32. The molecule has 0 radical (unpaired) electrons. The first kappa shape index (κ1) is 21.8. The zero-order valence-corrected chi connectivity index (χ0v) is 18.3. The van der Waals surface area contributed by atoms with Crippen molar-refractivity contribution in [1.82, 2.24) is 14.3 Å². The van der Waals surface area contributed by atoms with Crippen LogP contribution < -0.4 is 9.64 Å². The summed E-state index contributed by atoms with van der Waals surface area (Å²) in [6, 6.07) is 4.23. The van der Waals surface area contributed by atoms with E-state index in [0.29, 0.717) is 13.1 Å². The van der Waals surface area contributed by atoms with Crippen molar-refractivity contribution in [3.63, 3.8) is 0 Å². The summed E-state index contributed by atoms with van der Waals surface area (Å²) in [5.41, 5.74) is 1.12. The molecule has 3 heterocycles. The van der Waals surface area contributed by atoms with Gasteiger partial charge in [0.25, 0.3) is 0 Å². The molecule has 0 N–H and O–H groups in total. The van der Waals surface area contributed by atoms with Crippen molar-refractivity contribution in [2.45, 2.75) is 25.1 Å². The van der Waals surface area contributed by atoms with E-state index in [4.69, 9.17) is 0 Å². The third-order valence-electron chi connectivity index (χ3n) is 5.18. The zero-order valence-electron chi connectivity index (χ0n) is 16.7. The van der Waals surface area contributed by atoms with Crippen molar-refractivity contribution < 1.29 is 26.3 Å². The van der Waals surface area contributed by atoms with Gasteiger partial charge >= 0.3 is 6.36 Å². The predicted octanol–water partition coefficient (Wildman–Crippen LogP) is 3.72. The van der Waals surface area contributed by atoms with E-state index in [1.165, 1.54) is 10.6 Å². The summed E-state index contributed by atoms with van der Waals surface area (Å²) in [5, 5.41) is 0.988. The fourth-order valence-electron chi connectivity index (χ4n) is 3.51. The second kappa shape index (κ2) is 7.92. The van der Waals surface area contributed by atoms with Crippen LogP contribution in [0.4, 0.5) is 19.0 Å². The molecule has 1 saturated heterocycles. The van der Waals surface area contributed by atoms with Crippen LogP contribution in [0.3, 0.4) is 0 Å². The van der Waals surface area contributed by atoms with Crippen LogP contribution in [0, 0.1) is 13.8 Å². The van der Waals surface area contributed by atoms with Crippen LogP contribution in [0.5, 0.6) is 5.75 Å². The summed E-state index contributed by atoms with van der Waals surface area (Å²) < 4.78 is 67.9. The van der Waals surface area contributed by atoms with Gasteiger partial charge in [-0.2, -0.15) is 4.31 Å². The molecular weight excluding hydrogens is 453 g/mol. The SMILES string of the molecule is Cc1sc2ncnc(N3CCN(S(=O)(=O)c4ccc(OC(F)(F)F)cc4)CC3)c2c1C. The number of piperazine rings is 1. The van der Waals surface area contributed by atoms with E-state index in [1.807, 2.05) is 18.7 Å². The second-order valence-corrected chi connectivity index (χ2v) is 10.2. The molecule has 12 heteroatoms. The molecule has 1 aliphatic rings. The fourth-order valence-corrected chi connectivity index (χ4v) is 5.92. The molecule has 4 rings (SSSR count). The average Bonchev–Trinajstić information content (AvgIpc) is 3.01. The average molecular weight is 473 g/mol. The van der Waals surface area contributed by atoms with Gasteiger partial charge in [-0.15, -0.1) is 24.5 Å². The highest BCUT2D eigenvalue weighted by Crippen LogP contribution is 2.35. The maximum atomic E-state index is 12.9. The Morgan fingerprint density at radius 2 is 1.68 bits per heavy atom. The van der Waals surface area contributed by atoms with Crippen LogP contribution in [0.25, 0.3) is 10.2 Å². The number of benzene rings is 1. The van der Waals surface area contributed by atoms with Gasteiger partial charge in [0.2, 0.25) is 10.0 Å². The highest BCUT2D eigenvalue weighted by Gasteiger charge is 2.32. The van der Waals surface area contributed by atoms with E-state index in [1.54, 1.807) is 11.3 Å². The maximum Gasteiger partial charge on any atom is 0.573 e. The van der Waals surface area contributed by atoms with Crippen molar-refractivity contribution in [3.8, 4) is 5.75 Å². The van der Waals surface area contributed by atoms with E-state index >= 15 is 0 Å². The van der Waals surface area contributed by atoms with Crippen LogP contribution in [0.15, 0.2) is 35.5 Å². The Balaban J connectivity index is 1.50. The number of hydrogen-bond donors (Lipinski definition) is 0. The lowest BCUT2D eigenvalue weighted by Gasteiger charge is -2.35. The molecule has 0 bridgehead atoms. The summed E-state index contributed by atoms with van der Waals surface area (Å²) in [7, 11) is -3.84. The predicted molar refractivity (Wildman–Crippen MR) is 111 cm³/mol.